The van der Waals surface area contributed by atoms with E-state index >= 15 is 0 Å². The van der Waals surface area contributed by atoms with Crippen LogP contribution >= 0.6 is 0 Å². The van der Waals surface area contributed by atoms with E-state index in [1.165, 1.54) is 0 Å². The van der Waals surface area contributed by atoms with Crippen LogP contribution in [0.1, 0.15) is 24.2 Å². The summed E-state index contributed by atoms with van der Waals surface area (Å²) >= 11 is 0. The number of hydrogen-bond acceptors (Lipinski definition) is 3. The van der Waals surface area contributed by atoms with E-state index in [0.717, 1.165) is 47.5 Å². The van der Waals surface area contributed by atoms with Gasteiger partial charge < -0.3 is 4.42 Å². The fraction of sp³-hybridized carbons (Fsp3) is 0.200. The van der Waals surface area contributed by atoms with Crippen molar-refractivity contribution in [2.24, 2.45) is 5.18 Å². The molecule has 1 aromatic heterocycles. The second-order valence-electron chi connectivity index (χ2n) is 4.54. The molecule has 0 aliphatic heterocycles. The van der Waals surface area contributed by atoms with Gasteiger partial charge >= 0.3 is 0 Å². The van der Waals surface area contributed by atoms with Crippen LogP contribution in [-0.4, -0.2) is 0 Å². The van der Waals surface area contributed by atoms with E-state index < -0.39 is 0 Å². The standard InChI is InChI=1S/C15H13NO2/c1-10-3-2-4-14-13(10)9-15(18-14)11-5-7-12(16-17)8-6-11/h5-9H,1-4H2. The maximum absolute atomic E-state index is 10.4. The number of nitrogens with zero attached hydrogens (tertiary/aromatic N) is 1. The van der Waals surface area contributed by atoms with Gasteiger partial charge in [-0.25, -0.2) is 0 Å². The normalized spacial score (nSPS) is 14.3. The molecule has 0 fully saturated rings. The molecule has 1 aliphatic rings. The summed E-state index contributed by atoms with van der Waals surface area (Å²) in [7, 11) is 0. The minimum Gasteiger partial charge on any atom is -0.460 e. The lowest BCUT2D eigenvalue weighted by atomic mass is 9.94. The molecule has 1 aliphatic carbocycles. The summed E-state index contributed by atoms with van der Waals surface area (Å²) in [6.07, 6.45) is 3.12. The molecule has 0 bridgehead atoms. The van der Waals surface area contributed by atoms with Crippen molar-refractivity contribution in [2.75, 3.05) is 0 Å². The highest BCUT2D eigenvalue weighted by Gasteiger charge is 2.18. The van der Waals surface area contributed by atoms with Gasteiger partial charge in [0.2, 0.25) is 0 Å². The van der Waals surface area contributed by atoms with Gasteiger partial charge in [-0.3, -0.25) is 0 Å². The van der Waals surface area contributed by atoms with E-state index in [-0.39, 0.29) is 0 Å². The zero-order chi connectivity index (χ0) is 12.5. The quantitative estimate of drug-likeness (QED) is 0.713. The van der Waals surface area contributed by atoms with Crippen molar-refractivity contribution in [3.8, 4) is 11.3 Å². The molecule has 0 amide bonds. The van der Waals surface area contributed by atoms with Gasteiger partial charge in [0.1, 0.15) is 17.2 Å². The van der Waals surface area contributed by atoms with Crippen molar-refractivity contribution < 1.29 is 4.42 Å². The summed E-state index contributed by atoms with van der Waals surface area (Å²) < 4.78 is 5.87. The van der Waals surface area contributed by atoms with Crippen LogP contribution in [0.3, 0.4) is 0 Å². The van der Waals surface area contributed by atoms with Crippen LogP contribution in [0, 0.1) is 4.91 Å². The Kier molecular flexibility index (Phi) is 2.59. The molecule has 90 valence electrons. The zero-order valence-electron chi connectivity index (χ0n) is 9.98. The molecule has 0 N–H and O–H groups in total. The van der Waals surface area contributed by atoms with Gasteiger partial charge in [0.05, 0.1) is 0 Å². The highest BCUT2D eigenvalue weighted by molar-refractivity contribution is 5.72. The van der Waals surface area contributed by atoms with Gasteiger partial charge in [-0.2, -0.15) is 0 Å². The number of nitroso groups, excluding NO2 is 1. The topological polar surface area (TPSA) is 42.6 Å². The number of allylic oxidation sites excluding steroid dienone is 1. The first-order valence-corrected chi connectivity index (χ1v) is 6.02. The van der Waals surface area contributed by atoms with Crippen LogP contribution in [0.25, 0.3) is 16.9 Å². The number of furan rings is 1. The number of benzene rings is 1. The first-order valence-electron chi connectivity index (χ1n) is 6.02. The molecule has 0 saturated heterocycles. The van der Waals surface area contributed by atoms with Gasteiger partial charge in [-0.05, 0) is 53.9 Å². The molecule has 2 aromatic rings. The molecule has 0 spiro atoms. The summed E-state index contributed by atoms with van der Waals surface area (Å²) in [4.78, 5) is 10.4. The molecule has 1 heterocycles. The van der Waals surface area contributed by atoms with Crippen LogP contribution in [-0.2, 0) is 6.42 Å². The SMILES string of the molecule is C=C1CCCc2oc(-c3ccc(N=O)cc3)cc21. The van der Waals surface area contributed by atoms with Crippen LogP contribution < -0.4 is 0 Å². The Balaban J connectivity index is 2.01. The number of rotatable bonds is 2. The molecular formula is C15H13NO2. The maximum atomic E-state index is 10.4. The molecular weight excluding hydrogens is 226 g/mol. The molecule has 0 unspecified atom stereocenters. The van der Waals surface area contributed by atoms with Crippen LogP contribution in [0.2, 0.25) is 0 Å². The van der Waals surface area contributed by atoms with Crippen molar-refractivity contribution in [1.29, 1.82) is 0 Å². The van der Waals surface area contributed by atoms with Crippen LogP contribution in [0.5, 0.6) is 0 Å². The van der Waals surface area contributed by atoms with Crippen molar-refractivity contribution in [1.82, 2.24) is 0 Å². The zero-order valence-corrected chi connectivity index (χ0v) is 9.98. The highest BCUT2D eigenvalue weighted by Crippen LogP contribution is 2.35. The predicted molar refractivity (Wildman–Crippen MR) is 71.6 cm³/mol. The van der Waals surface area contributed by atoms with Crippen molar-refractivity contribution in [3.05, 3.63) is 53.1 Å². The van der Waals surface area contributed by atoms with Gasteiger partial charge in [0.15, 0.2) is 0 Å². The highest BCUT2D eigenvalue weighted by atomic mass is 16.3. The number of hydrogen-bond donors (Lipinski definition) is 0. The summed E-state index contributed by atoms with van der Waals surface area (Å²) in [5.41, 5.74) is 3.69. The molecule has 0 radical (unpaired) electrons. The molecule has 0 saturated carbocycles. The lowest BCUT2D eigenvalue weighted by molar-refractivity contribution is 0.508. The molecule has 3 nitrogen and oxygen atoms in total. The van der Waals surface area contributed by atoms with E-state index in [4.69, 9.17) is 4.42 Å². The minimum atomic E-state index is 0.430. The molecule has 0 atom stereocenters. The van der Waals surface area contributed by atoms with E-state index in [1.54, 1.807) is 12.1 Å². The Bertz CT molecular complexity index is 608. The number of aryl methyl sites for hydroxylation is 1. The Labute approximate surface area is 105 Å². The van der Waals surface area contributed by atoms with E-state index in [1.807, 2.05) is 18.2 Å². The van der Waals surface area contributed by atoms with Crippen LogP contribution in [0.4, 0.5) is 5.69 Å². The monoisotopic (exact) mass is 239 g/mol. The van der Waals surface area contributed by atoms with Crippen molar-refractivity contribution in [2.45, 2.75) is 19.3 Å². The van der Waals surface area contributed by atoms with Gasteiger partial charge in [-0.15, -0.1) is 4.91 Å². The molecule has 1 aromatic carbocycles. The Morgan fingerprint density at radius 2 is 1.94 bits per heavy atom. The molecule has 3 rings (SSSR count). The first kappa shape index (κ1) is 11.0. The lowest BCUT2D eigenvalue weighted by Gasteiger charge is -2.10. The fourth-order valence-corrected chi connectivity index (χ4v) is 2.34. The summed E-state index contributed by atoms with van der Waals surface area (Å²) in [6, 6.07) is 9.13. The summed E-state index contributed by atoms with van der Waals surface area (Å²) in [5, 5.41) is 2.89. The summed E-state index contributed by atoms with van der Waals surface area (Å²) in [5.74, 6) is 1.86. The van der Waals surface area contributed by atoms with Gasteiger partial charge in [0, 0.05) is 17.5 Å². The Morgan fingerprint density at radius 1 is 1.17 bits per heavy atom. The number of fused-ring (bicyclic) bond motifs is 1. The minimum absolute atomic E-state index is 0.430. The third kappa shape index (κ3) is 1.78. The predicted octanol–water partition coefficient (Wildman–Crippen LogP) is 4.69. The van der Waals surface area contributed by atoms with Gasteiger partial charge in [0.25, 0.3) is 0 Å². The maximum Gasteiger partial charge on any atom is 0.134 e. The second-order valence-corrected chi connectivity index (χ2v) is 4.54. The van der Waals surface area contributed by atoms with E-state index in [9.17, 15) is 4.91 Å². The smallest absolute Gasteiger partial charge is 0.134 e. The Morgan fingerprint density at radius 3 is 2.61 bits per heavy atom. The average molecular weight is 239 g/mol. The second kappa shape index (κ2) is 4.26. The third-order valence-electron chi connectivity index (χ3n) is 3.33. The van der Waals surface area contributed by atoms with Crippen molar-refractivity contribution >= 4 is 11.3 Å². The molecule has 3 heteroatoms. The fourth-order valence-electron chi connectivity index (χ4n) is 2.34. The first-order chi connectivity index (χ1) is 8.78. The van der Waals surface area contributed by atoms with Crippen molar-refractivity contribution in [3.63, 3.8) is 0 Å². The molecule has 18 heavy (non-hydrogen) atoms. The lowest BCUT2D eigenvalue weighted by Crippen LogP contribution is -1.96. The average Bonchev–Trinajstić information content (AvgIpc) is 2.84. The van der Waals surface area contributed by atoms with E-state index in [0.29, 0.717) is 5.69 Å². The van der Waals surface area contributed by atoms with E-state index in [2.05, 4.69) is 11.8 Å². The third-order valence-corrected chi connectivity index (χ3v) is 3.33. The Hall–Kier alpha value is -2.16. The summed E-state index contributed by atoms with van der Waals surface area (Å²) in [6.45, 7) is 4.07. The van der Waals surface area contributed by atoms with Crippen LogP contribution in [0.15, 0.2) is 46.5 Å². The largest absolute Gasteiger partial charge is 0.460 e. The van der Waals surface area contributed by atoms with Gasteiger partial charge in [-0.1, -0.05) is 6.58 Å².